The fraction of sp³-hybridized carbons (Fsp3) is 0.0556. The summed E-state index contributed by atoms with van der Waals surface area (Å²) >= 11 is 1.33. The Bertz CT molecular complexity index is 881. The maximum absolute atomic E-state index is 12.8. The van der Waals surface area contributed by atoms with Crippen LogP contribution in [-0.4, -0.2) is 23.4 Å². The van der Waals surface area contributed by atoms with Crippen LogP contribution >= 0.6 is 11.3 Å². The van der Waals surface area contributed by atoms with Crippen molar-refractivity contribution in [2.24, 2.45) is 0 Å². The Morgan fingerprint density at radius 3 is 2.42 bits per heavy atom. The van der Waals surface area contributed by atoms with Crippen LogP contribution in [-0.2, 0) is 4.79 Å². The van der Waals surface area contributed by atoms with Crippen molar-refractivity contribution in [2.45, 2.75) is 0 Å². The lowest BCUT2D eigenvalue weighted by molar-refractivity contribution is -0.118. The Balaban J connectivity index is 1.51. The second-order valence-electron chi connectivity index (χ2n) is 5.16. The second kappa shape index (κ2) is 8.21. The number of amides is 2. The normalized spacial score (nSPS) is 10.2. The van der Waals surface area contributed by atoms with Crippen LogP contribution in [0.1, 0.15) is 10.4 Å². The molecule has 0 aliphatic heterocycles. The van der Waals surface area contributed by atoms with Crippen molar-refractivity contribution in [2.75, 3.05) is 17.2 Å². The zero-order valence-electron chi connectivity index (χ0n) is 13.4. The van der Waals surface area contributed by atoms with Crippen molar-refractivity contribution in [3.63, 3.8) is 0 Å². The van der Waals surface area contributed by atoms with Crippen molar-refractivity contribution in [1.29, 1.82) is 0 Å². The van der Waals surface area contributed by atoms with Gasteiger partial charge in [-0.3, -0.25) is 14.9 Å². The van der Waals surface area contributed by atoms with Gasteiger partial charge in [-0.2, -0.15) is 0 Å². The number of carbonyl (C=O) groups is 2. The Morgan fingerprint density at radius 2 is 1.77 bits per heavy atom. The molecule has 132 valence electrons. The number of aromatic nitrogens is 1. The lowest BCUT2D eigenvalue weighted by Crippen LogP contribution is -2.20. The van der Waals surface area contributed by atoms with E-state index in [0.717, 1.165) is 0 Å². The zero-order chi connectivity index (χ0) is 18.4. The van der Waals surface area contributed by atoms with Gasteiger partial charge in [-0.1, -0.05) is 0 Å². The third-order valence-electron chi connectivity index (χ3n) is 3.27. The molecule has 3 rings (SSSR count). The number of thiazole rings is 1. The monoisotopic (exact) mass is 371 g/mol. The molecule has 0 radical (unpaired) electrons. The lowest BCUT2D eigenvalue weighted by atomic mass is 10.2. The molecule has 0 fully saturated rings. The number of hydrogen-bond donors (Lipinski definition) is 2. The molecule has 0 saturated carbocycles. The number of nitrogens with one attached hydrogen (secondary N) is 2. The van der Waals surface area contributed by atoms with Crippen LogP contribution in [0, 0.1) is 5.82 Å². The number of hydrogen-bond acceptors (Lipinski definition) is 5. The quantitative estimate of drug-likeness (QED) is 0.694. The molecule has 6 nitrogen and oxygen atoms in total. The molecule has 0 saturated heterocycles. The highest BCUT2D eigenvalue weighted by Crippen LogP contribution is 2.15. The van der Waals surface area contributed by atoms with Gasteiger partial charge in [0, 0.05) is 22.8 Å². The molecule has 2 N–H and O–H groups in total. The van der Waals surface area contributed by atoms with Crippen LogP contribution in [0.25, 0.3) is 0 Å². The van der Waals surface area contributed by atoms with E-state index in [2.05, 4.69) is 15.6 Å². The lowest BCUT2D eigenvalue weighted by Gasteiger charge is -2.08. The maximum Gasteiger partial charge on any atom is 0.262 e. The summed E-state index contributed by atoms with van der Waals surface area (Å²) in [5.41, 5.74) is 0.976. The number of benzene rings is 2. The first-order valence-electron chi connectivity index (χ1n) is 7.59. The Morgan fingerprint density at radius 1 is 1.04 bits per heavy atom. The molecule has 0 atom stereocenters. The second-order valence-corrected chi connectivity index (χ2v) is 6.05. The van der Waals surface area contributed by atoms with Crippen molar-refractivity contribution in [3.05, 3.63) is 71.5 Å². The van der Waals surface area contributed by atoms with Gasteiger partial charge in [-0.05, 0) is 48.5 Å². The van der Waals surface area contributed by atoms with E-state index in [9.17, 15) is 14.0 Å². The summed E-state index contributed by atoms with van der Waals surface area (Å²) in [5.74, 6) is -0.622. The van der Waals surface area contributed by atoms with Crippen LogP contribution in [0.3, 0.4) is 0 Å². The number of anilines is 2. The molecule has 26 heavy (non-hydrogen) atoms. The Kier molecular flexibility index (Phi) is 5.55. The van der Waals surface area contributed by atoms with Gasteiger partial charge < -0.3 is 10.1 Å². The smallest absolute Gasteiger partial charge is 0.262 e. The van der Waals surface area contributed by atoms with Crippen LogP contribution in [0.2, 0.25) is 0 Å². The van der Waals surface area contributed by atoms with E-state index in [1.54, 1.807) is 35.8 Å². The van der Waals surface area contributed by atoms with E-state index in [4.69, 9.17) is 4.74 Å². The highest BCUT2D eigenvalue weighted by molar-refractivity contribution is 7.13. The first-order chi connectivity index (χ1) is 12.6. The number of carbonyl (C=O) groups excluding carboxylic acids is 2. The van der Waals surface area contributed by atoms with Crippen molar-refractivity contribution >= 4 is 34.0 Å². The van der Waals surface area contributed by atoms with Gasteiger partial charge >= 0.3 is 0 Å². The van der Waals surface area contributed by atoms with Crippen LogP contribution < -0.4 is 15.4 Å². The third kappa shape index (κ3) is 4.87. The molecule has 0 unspecified atom stereocenters. The van der Waals surface area contributed by atoms with Gasteiger partial charge in [0.1, 0.15) is 11.6 Å². The van der Waals surface area contributed by atoms with Gasteiger partial charge in [0.15, 0.2) is 11.7 Å². The molecular formula is C18H14FN3O3S. The van der Waals surface area contributed by atoms with Gasteiger partial charge in [0.05, 0.1) is 0 Å². The number of nitrogens with zero attached hydrogens (tertiary/aromatic N) is 1. The van der Waals surface area contributed by atoms with E-state index in [0.29, 0.717) is 22.1 Å². The van der Waals surface area contributed by atoms with Crippen LogP contribution in [0.5, 0.6) is 5.75 Å². The summed E-state index contributed by atoms with van der Waals surface area (Å²) < 4.78 is 18.1. The molecular weight excluding hydrogens is 357 g/mol. The summed E-state index contributed by atoms with van der Waals surface area (Å²) in [5, 5.41) is 7.62. The number of ether oxygens (including phenoxy) is 1. The molecule has 0 aliphatic carbocycles. The minimum atomic E-state index is -0.374. The standard InChI is InChI=1S/C18H14FN3O3S/c19-13-3-7-15(8-4-13)25-11-16(23)21-14-5-1-12(2-6-14)17(24)22-18-20-9-10-26-18/h1-10H,11H2,(H,21,23)(H,20,22,24). The van der Waals surface area contributed by atoms with Crippen molar-refractivity contribution in [1.82, 2.24) is 4.98 Å². The van der Waals surface area contributed by atoms with E-state index in [1.807, 2.05) is 0 Å². The fourth-order valence-electron chi connectivity index (χ4n) is 2.04. The molecule has 0 spiro atoms. The predicted octanol–water partition coefficient (Wildman–Crippen LogP) is 3.55. The molecule has 0 bridgehead atoms. The van der Waals surface area contributed by atoms with Gasteiger partial charge in [-0.15, -0.1) is 11.3 Å². The van der Waals surface area contributed by atoms with Gasteiger partial charge in [0.25, 0.3) is 11.8 Å². The molecule has 1 aromatic heterocycles. The summed E-state index contributed by atoms with van der Waals surface area (Å²) in [7, 11) is 0. The summed E-state index contributed by atoms with van der Waals surface area (Å²) in [4.78, 5) is 27.9. The first kappa shape index (κ1) is 17.6. The summed E-state index contributed by atoms with van der Waals surface area (Å²) in [6.45, 7) is -0.210. The molecule has 8 heteroatoms. The highest BCUT2D eigenvalue weighted by atomic mass is 32.1. The highest BCUT2D eigenvalue weighted by Gasteiger charge is 2.09. The van der Waals surface area contributed by atoms with E-state index < -0.39 is 0 Å². The van der Waals surface area contributed by atoms with Crippen LogP contribution in [0.4, 0.5) is 15.2 Å². The molecule has 1 heterocycles. The van der Waals surface area contributed by atoms with Crippen molar-refractivity contribution in [3.8, 4) is 5.75 Å². The zero-order valence-corrected chi connectivity index (χ0v) is 14.3. The average molecular weight is 371 g/mol. The Labute approximate surface area is 152 Å². The van der Waals surface area contributed by atoms with E-state index in [1.165, 1.54) is 35.6 Å². The largest absolute Gasteiger partial charge is 0.484 e. The summed E-state index contributed by atoms with van der Waals surface area (Å²) in [6, 6.07) is 11.8. The maximum atomic E-state index is 12.8. The minimum Gasteiger partial charge on any atom is -0.484 e. The predicted molar refractivity (Wildman–Crippen MR) is 97.0 cm³/mol. The van der Waals surface area contributed by atoms with Gasteiger partial charge in [0.2, 0.25) is 0 Å². The van der Waals surface area contributed by atoms with Crippen molar-refractivity contribution < 1.29 is 18.7 Å². The summed E-state index contributed by atoms with van der Waals surface area (Å²) in [6.07, 6.45) is 1.60. The molecule has 2 aromatic carbocycles. The molecule has 3 aromatic rings. The molecule has 2 amide bonds. The minimum absolute atomic E-state index is 0.210. The number of halogens is 1. The third-order valence-corrected chi connectivity index (χ3v) is 3.96. The van der Waals surface area contributed by atoms with E-state index >= 15 is 0 Å². The SMILES string of the molecule is O=C(COc1ccc(F)cc1)Nc1ccc(C(=O)Nc2nccs2)cc1. The molecule has 0 aliphatic rings. The number of rotatable bonds is 6. The first-order valence-corrected chi connectivity index (χ1v) is 8.47. The fourth-order valence-corrected chi connectivity index (χ4v) is 2.56. The average Bonchev–Trinajstić information content (AvgIpc) is 3.15. The van der Waals surface area contributed by atoms with Gasteiger partial charge in [-0.25, -0.2) is 9.37 Å². The Hall–Kier alpha value is -3.26. The van der Waals surface area contributed by atoms with E-state index in [-0.39, 0.29) is 24.2 Å². The topological polar surface area (TPSA) is 80.3 Å². The van der Waals surface area contributed by atoms with Crippen LogP contribution in [0.15, 0.2) is 60.1 Å².